The molecule has 1 aliphatic heterocycles. The van der Waals surface area contributed by atoms with Crippen LogP contribution in [0.4, 0.5) is 0 Å². The van der Waals surface area contributed by atoms with E-state index in [1.54, 1.807) is 6.08 Å². The molecule has 3 heteroatoms. The summed E-state index contributed by atoms with van der Waals surface area (Å²) >= 11 is 0. The maximum absolute atomic E-state index is 11.1. The number of allylic oxidation sites excluding steroid dienone is 1. The first kappa shape index (κ1) is 12.7. The zero-order valence-corrected chi connectivity index (χ0v) is 9.81. The largest absolute Gasteiger partial charge is 0.456 e. The third-order valence-corrected chi connectivity index (χ3v) is 2.64. The molecule has 0 N–H and O–H groups in total. The fourth-order valence-electron chi connectivity index (χ4n) is 1.63. The Kier molecular flexibility index (Phi) is 4.07. The Morgan fingerprint density at radius 3 is 2.75 bits per heavy atom. The van der Waals surface area contributed by atoms with E-state index in [9.17, 15) is 4.79 Å². The molecule has 0 radical (unpaired) electrons. The lowest BCUT2D eigenvalue weighted by Crippen LogP contribution is -2.31. The van der Waals surface area contributed by atoms with Gasteiger partial charge in [-0.25, -0.2) is 4.79 Å². The van der Waals surface area contributed by atoms with Gasteiger partial charge in [0.2, 0.25) is 0 Å². The summed E-state index contributed by atoms with van der Waals surface area (Å²) in [7, 11) is 0. The Bertz CT molecular complexity index is 319. The molecule has 0 amide bonds. The van der Waals surface area contributed by atoms with Gasteiger partial charge < -0.3 is 9.47 Å². The van der Waals surface area contributed by atoms with Crippen LogP contribution >= 0.6 is 0 Å². The summed E-state index contributed by atoms with van der Waals surface area (Å²) in [5.74, 6) is -0.435. The predicted octanol–water partition coefficient (Wildman–Crippen LogP) is 2.39. The lowest BCUT2D eigenvalue weighted by molar-refractivity contribution is -0.144. The molecule has 16 heavy (non-hydrogen) atoms. The standard InChI is InChI=1S/C13H18O3/c1-5-8-9-13(11(6-2)16-13)10(4)15-12(14)7-3/h6-11H,2-3,5H2,1,4H3/b9-8+. The van der Waals surface area contributed by atoms with Crippen molar-refractivity contribution in [2.75, 3.05) is 0 Å². The molecule has 3 atom stereocenters. The molecule has 0 aromatic carbocycles. The highest BCUT2D eigenvalue weighted by Crippen LogP contribution is 2.43. The van der Waals surface area contributed by atoms with E-state index < -0.39 is 11.6 Å². The molecule has 3 nitrogen and oxygen atoms in total. The van der Waals surface area contributed by atoms with Crippen LogP contribution < -0.4 is 0 Å². The zero-order valence-electron chi connectivity index (χ0n) is 9.81. The first-order chi connectivity index (χ1) is 7.60. The van der Waals surface area contributed by atoms with Crippen LogP contribution in [0.5, 0.6) is 0 Å². The first-order valence-electron chi connectivity index (χ1n) is 5.41. The van der Waals surface area contributed by atoms with Crippen LogP contribution in [-0.2, 0) is 14.3 Å². The van der Waals surface area contributed by atoms with Crippen molar-refractivity contribution in [3.05, 3.63) is 37.5 Å². The molecule has 0 saturated carbocycles. The Hall–Kier alpha value is -1.35. The average molecular weight is 222 g/mol. The summed E-state index contributed by atoms with van der Waals surface area (Å²) in [5, 5.41) is 0. The normalized spacial score (nSPS) is 29.8. The summed E-state index contributed by atoms with van der Waals surface area (Å²) in [5.41, 5.74) is -0.531. The molecule has 1 aliphatic rings. The number of rotatable bonds is 6. The minimum absolute atomic E-state index is 0.0806. The van der Waals surface area contributed by atoms with Gasteiger partial charge >= 0.3 is 5.97 Å². The number of carbonyl (C=O) groups is 1. The van der Waals surface area contributed by atoms with E-state index in [4.69, 9.17) is 9.47 Å². The maximum Gasteiger partial charge on any atom is 0.330 e. The van der Waals surface area contributed by atoms with Crippen molar-refractivity contribution >= 4 is 5.97 Å². The Balaban J connectivity index is 2.71. The van der Waals surface area contributed by atoms with Gasteiger partial charge in [0.25, 0.3) is 0 Å². The van der Waals surface area contributed by atoms with Gasteiger partial charge in [0.05, 0.1) is 0 Å². The summed E-state index contributed by atoms with van der Waals surface area (Å²) in [6.45, 7) is 10.9. The highest BCUT2D eigenvalue weighted by molar-refractivity contribution is 5.81. The number of hydrogen-bond donors (Lipinski definition) is 0. The molecule has 0 spiro atoms. The number of hydrogen-bond acceptors (Lipinski definition) is 3. The second kappa shape index (κ2) is 5.12. The van der Waals surface area contributed by atoms with Crippen LogP contribution in [0.1, 0.15) is 20.3 Å². The van der Waals surface area contributed by atoms with Crippen molar-refractivity contribution in [1.82, 2.24) is 0 Å². The SMILES string of the molecule is C=CC(=O)OC(C)C1(/C=C/CC)OC1C=C. The number of esters is 1. The van der Waals surface area contributed by atoms with Gasteiger partial charge in [-0.15, -0.1) is 6.58 Å². The monoisotopic (exact) mass is 222 g/mol. The Morgan fingerprint density at radius 1 is 1.62 bits per heavy atom. The highest BCUT2D eigenvalue weighted by atomic mass is 16.6. The molecule has 0 aromatic heterocycles. The van der Waals surface area contributed by atoms with E-state index in [1.807, 2.05) is 26.0 Å². The topological polar surface area (TPSA) is 38.8 Å². The fourth-order valence-corrected chi connectivity index (χ4v) is 1.63. The molecule has 88 valence electrons. The van der Waals surface area contributed by atoms with Crippen molar-refractivity contribution < 1.29 is 14.3 Å². The molecule has 1 fully saturated rings. The van der Waals surface area contributed by atoms with Gasteiger partial charge in [0, 0.05) is 6.08 Å². The summed E-state index contributed by atoms with van der Waals surface area (Å²) in [6, 6.07) is 0. The molecule has 0 bridgehead atoms. The molecule has 1 saturated heterocycles. The van der Waals surface area contributed by atoms with Crippen molar-refractivity contribution in [3.8, 4) is 0 Å². The first-order valence-corrected chi connectivity index (χ1v) is 5.41. The van der Waals surface area contributed by atoms with Crippen molar-refractivity contribution in [3.63, 3.8) is 0 Å². The second-order valence-corrected chi connectivity index (χ2v) is 3.72. The van der Waals surface area contributed by atoms with Gasteiger partial charge in [0.15, 0.2) is 5.60 Å². The third-order valence-electron chi connectivity index (χ3n) is 2.64. The summed E-state index contributed by atoms with van der Waals surface area (Å²) in [4.78, 5) is 11.1. The van der Waals surface area contributed by atoms with Crippen LogP contribution in [0, 0.1) is 0 Å². The molecular formula is C13H18O3. The van der Waals surface area contributed by atoms with Crippen molar-refractivity contribution in [2.24, 2.45) is 0 Å². The fraction of sp³-hybridized carbons (Fsp3) is 0.462. The van der Waals surface area contributed by atoms with Crippen LogP contribution in [-0.4, -0.2) is 23.8 Å². The lowest BCUT2D eigenvalue weighted by Gasteiger charge is -2.17. The van der Waals surface area contributed by atoms with E-state index in [2.05, 4.69) is 13.2 Å². The van der Waals surface area contributed by atoms with E-state index >= 15 is 0 Å². The lowest BCUT2D eigenvalue weighted by atomic mass is 9.98. The second-order valence-electron chi connectivity index (χ2n) is 3.72. The average Bonchev–Trinajstić information content (AvgIpc) is 3.01. The molecule has 1 heterocycles. The molecule has 0 aliphatic carbocycles. The van der Waals surface area contributed by atoms with Gasteiger partial charge in [0.1, 0.15) is 12.2 Å². The van der Waals surface area contributed by atoms with E-state index in [1.165, 1.54) is 0 Å². The van der Waals surface area contributed by atoms with Crippen molar-refractivity contribution in [1.29, 1.82) is 0 Å². The molecule has 3 unspecified atom stereocenters. The molecule has 1 rings (SSSR count). The smallest absolute Gasteiger partial charge is 0.330 e. The molecular weight excluding hydrogens is 204 g/mol. The van der Waals surface area contributed by atoms with E-state index in [0.29, 0.717) is 0 Å². The number of ether oxygens (including phenoxy) is 2. The van der Waals surface area contributed by atoms with Crippen LogP contribution in [0.25, 0.3) is 0 Å². The van der Waals surface area contributed by atoms with Gasteiger partial charge in [-0.2, -0.15) is 0 Å². The van der Waals surface area contributed by atoms with Crippen molar-refractivity contribution in [2.45, 2.75) is 38.1 Å². The summed E-state index contributed by atoms with van der Waals surface area (Å²) in [6.07, 6.45) is 7.31. The van der Waals surface area contributed by atoms with Gasteiger partial charge in [-0.05, 0) is 13.3 Å². The number of epoxide rings is 1. The Labute approximate surface area is 96.4 Å². The van der Waals surface area contributed by atoms with Gasteiger partial charge in [-0.3, -0.25) is 0 Å². The van der Waals surface area contributed by atoms with E-state index in [0.717, 1.165) is 12.5 Å². The van der Waals surface area contributed by atoms with Crippen LogP contribution in [0.2, 0.25) is 0 Å². The quantitative estimate of drug-likeness (QED) is 0.300. The highest BCUT2D eigenvalue weighted by Gasteiger charge is 2.58. The Morgan fingerprint density at radius 2 is 2.31 bits per heavy atom. The summed E-state index contributed by atoms with van der Waals surface area (Å²) < 4.78 is 10.7. The predicted molar refractivity (Wildman–Crippen MR) is 63.0 cm³/mol. The zero-order chi connectivity index (χ0) is 12.2. The molecule has 0 aromatic rings. The minimum atomic E-state index is -0.531. The van der Waals surface area contributed by atoms with Crippen LogP contribution in [0.3, 0.4) is 0 Å². The maximum atomic E-state index is 11.1. The number of carbonyl (C=O) groups excluding carboxylic acids is 1. The minimum Gasteiger partial charge on any atom is -0.456 e. The van der Waals surface area contributed by atoms with Gasteiger partial charge in [-0.1, -0.05) is 31.7 Å². The third kappa shape index (κ3) is 2.42. The van der Waals surface area contributed by atoms with E-state index in [-0.39, 0.29) is 12.2 Å². The van der Waals surface area contributed by atoms with Crippen LogP contribution in [0.15, 0.2) is 37.5 Å².